The van der Waals surface area contributed by atoms with Gasteiger partial charge < -0.3 is 10.2 Å². The van der Waals surface area contributed by atoms with Crippen molar-refractivity contribution < 1.29 is 14.0 Å². The van der Waals surface area contributed by atoms with Crippen molar-refractivity contribution >= 4 is 28.8 Å². The van der Waals surface area contributed by atoms with E-state index < -0.39 is 17.6 Å². The third-order valence-electron chi connectivity index (χ3n) is 5.28. The highest BCUT2D eigenvalue weighted by molar-refractivity contribution is 6.36. The molecule has 144 valence electrons. The number of imide groups is 1. The number of hydrogen-bond acceptors (Lipinski definition) is 4. The van der Waals surface area contributed by atoms with Gasteiger partial charge in [0.2, 0.25) is 0 Å². The van der Waals surface area contributed by atoms with Gasteiger partial charge >= 0.3 is 0 Å². The Morgan fingerprint density at radius 2 is 1.50 bits per heavy atom. The predicted molar refractivity (Wildman–Crippen MR) is 107 cm³/mol. The van der Waals surface area contributed by atoms with Crippen molar-refractivity contribution in [3.63, 3.8) is 0 Å². The number of rotatable bonds is 4. The summed E-state index contributed by atoms with van der Waals surface area (Å²) in [5.74, 6) is -1.19. The van der Waals surface area contributed by atoms with Crippen molar-refractivity contribution in [2.75, 3.05) is 30.4 Å². The molecule has 1 N–H and O–H groups in total. The van der Waals surface area contributed by atoms with Crippen LogP contribution in [0.25, 0.3) is 5.57 Å². The molecule has 28 heavy (non-hydrogen) atoms. The zero-order valence-electron chi connectivity index (χ0n) is 15.7. The highest BCUT2D eigenvalue weighted by Gasteiger charge is 2.36. The Hall–Kier alpha value is -3.15. The molecule has 2 aromatic rings. The quantitative estimate of drug-likeness (QED) is 0.824. The first-order valence-corrected chi connectivity index (χ1v) is 9.49. The minimum Gasteiger partial charge on any atom is -0.372 e. The van der Waals surface area contributed by atoms with E-state index in [1.807, 2.05) is 24.3 Å². The fourth-order valence-electron chi connectivity index (χ4n) is 3.69. The molecule has 0 aliphatic carbocycles. The Bertz CT molecular complexity index is 929. The highest BCUT2D eigenvalue weighted by atomic mass is 19.1. The van der Waals surface area contributed by atoms with Gasteiger partial charge in [-0.2, -0.15) is 0 Å². The SMILES string of the molecule is CN1C(=O)C(Nc2ccc(N3CCCCC3)cc2)=C(c2ccc(F)cc2)C1=O. The molecule has 2 heterocycles. The van der Waals surface area contributed by atoms with E-state index in [1.54, 1.807) is 0 Å². The summed E-state index contributed by atoms with van der Waals surface area (Å²) in [6.45, 7) is 2.12. The Morgan fingerprint density at radius 3 is 2.14 bits per heavy atom. The average Bonchev–Trinajstić information content (AvgIpc) is 2.94. The molecule has 0 unspecified atom stereocenters. The van der Waals surface area contributed by atoms with Gasteiger partial charge in [-0.15, -0.1) is 0 Å². The lowest BCUT2D eigenvalue weighted by molar-refractivity contribution is -0.135. The van der Waals surface area contributed by atoms with Crippen molar-refractivity contribution in [1.29, 1.82) is 0 Å². The fourth-order valence-corrected chi connectivity index (χ4v) is 3.69. The van der Waals surface area contributed by atoms with Gasteiger partial charge in [-0.05, 0) is 61.2 Å². The first kappa shape index (κ1) is 18.2. The van der Waals surface area contributed by atoms with E-state index in [0.717, 1.165) is 29.4 Å². The molecule has 1 fully saturated rings. The highest BCUT2D eigenvalue weighted by Crippen LogP contribution is 2.30. The number of likely N-dealkylation sites (N-methyl/N-ethyl adjacent to an activating group) is 1. The van der Waals surface area contributed by atoms with Gasteiger partial charge in [-0.25, -0.2) is 4.39 Å². The molecule has 6 heteroatoms. The van der Waals surface area contributed by atoms with E-state index in [0.29, 0.717) is 5.56 Å². The van der Waals surface area contributed by atoms with Crippen molar-refractivity contribution in [1.82, 2.24) is 4.90 Å². The molecule has 0 radical (unpaired) electrons. The first-order valence-electron chi connectivity index (χ1n) is 9.49. The minimum absolute atomic E-state index is 0.213. The van der Waals surface area contributed by atoms with Crippen LogP contribution in [0.1, 0.15) is 24.8 Å². The minimum atomic E-state index is -0.399. The first-order chi connectivity index (χ1) is 13.5. The van der Waals surface area contributed by atoms with E-state index in [4.69, 9.17) is 0 Å². The number of nitrogens with zero attached hydrogens (tertiary/aromatic N) is 2. The number of carbonyl (C=O) groups excluding carboxylic acids is 2. The molecule has 2 aliphatic rings. The van der Waals surface area contributed by atoms with Crippen molar-refractivity contribution in [2.45, 2.75) is 19.3 Å². The van der Waals surface area contributed by atoms with Crippen LogP contribution in [-0.4, -0.2) is 36.9 Å². The summed E-state index contributed by atoms with van der Waals surface area (Å²) < 4.78 is 13.3. The second-order valence-electron chi connectivity index (χ2n) is 7.15. The van der Waals surface area contributed by atoms with Crippen LogP contribution in [0.5, 0.6) is 0 Å². The van der Waals surface area contributed by atoms with E-state index in [9.17, 15) is 14.0 Å². The van der Waals surface area contributed by atoms with Crippen LogP contribution in [0.3, 0.4) is 0 Å². The lowest BCUT2D eigenvalue weighted by Crippen LogP contribution is -2.29. The molecule has 2 amide bonds. The molecule has 0 bridgehead atoms. The van der Waals surface area contributed by atoms with Crippen LogP contribution in [0.15, 0.2) is 54.2 Å². The van der Waals surface area contributed by atoms with Crippen molar-refractivity contribution in [3.05, 3.63) is 65.6 Å². The predicted octanol–water partition coefficient (Wildman–Crippen LogP) is 3.64. The largest absolute Gasteiger partial charge is 0.372 e. The Labute approximate surface area is 163 Å². The molecule has 0 aromatic heterocycles. The van der Waals surface area contributed by atoms with Crippen LogP contribution in [-0.2, 0) is 9.59 Å². The summed E-state index contributed by atoms with van der Waals surface area (Å²) in [6, 6.07) is 13.5. The topological polar surface area (TPSA) is 52.7 Å². The third kappa shape index (κ3) is 3.38. The van der Waals surface area contributed by atoms with Gasteiger partial charge in [0.05, 0.1) is 5.57 Å². The van der Waals surface area contributed by atoms with Gasteiger partial charge in [-0.3, -0.25) is 14.5 Å². The van der Waals surface area contributed by atoms with Crippen molar-refractivity contribution in [2.24, 2.45) is 0 Å². The molecule has 0 saturated carbocycles. The number of piperidine rings is 1. The van der Waals surface area contributed by atoms with E-state index in [-0.39, 0.29) is 11.3 Å². The molecular formula is C22H22FN3O2. The molecular weight excluding hydrogens is 357 g/mol. The van der Waals surface area contributed by atoms with Crippen molar-refractivity contribution in [3.8, 4) is 0 Å². The van der Waals surface area contributed by atoms with Crippen LogP contribution < -0.4 is 10.2 Å². The fraction of sp³-hybridized carbons (Fsp3) is 0.273. The molecule has 2 aliphatic heterocycles. The summed E-state index contributed by atoms with van der Waals surface area (Å²) in [4.78, 5) is 28.6. The maximum Gasteiger partial charge on any atom is 0.277 e. The molecule has 0 spiro atoms. The van der Waals surface area contributed by atoms with E-state index in [2.05, 4.69) is 10.2 Å². The standard InChI is InChI=1S/C22H22FN3O2/c1-25-21(27)19(15-5-7-16(23)8-6-15)20(22(25)28)24-17-9-11-18(12-10-17)26-13-3-2-4-14-26/h5-12,24H,2-4,13-14H2,1H3. The van der Waals surface area contributed by atoms with Gasteiger partial charge in [0.15, 0.2) is 0 Å². The normalized spacial score (nSPS) is 17.5. The number of benzene rings is 2. The zero-order chi connectivity index (χ0) is 19.7. The maximum atomic E-state index is 13.3. The van der Waals surface area contributed by atoms with Crippen LogP contribution in [0, 0.1) is 5.82 Å². The maximum absolute atomic E-state index is 13.3. The molecule has 5 nitrogen and oxygen atoms in total. The second-order valence-corrected chi connectivity index (χ2v) is 7.15. The van der Waals surface area contributed by atoms with Gasteiger partial charge in [-0.1, -0.05) is 12.1 Å². The van der Waals surface area contributed by atoms with Crippen LogP contribution in [0.4, 0.5) is 15.8 Å². The molecule has 4 rings (SSSR count). The average molecular weight is 379 g/mol. The van der Waals surface area contributed by atoms with Gasteiger partial charge in [0, 0.05) is 31.5 Å². The Kier molecular flexibility index (Phi) is 4.86. The number of amides is 2. The number of nitrogens with one attached hydrogen (secondary N) is 1. The van der Waals surface area contributed by atoms with Gasteiger partial charge in [0.25, 0.3) is 11.8 Å². The summed E-state index contributed by atoms with van der Waals surface area (Å²) >= 11 is 0. The van der Waals surface area contributed by atoms with E-state index in [1.165, 1.54) is 50.6 Å². The van der Waals surface area contributed by atoms with Crippen LogP contribution >= 0.6 is 0 Å². The zero-order valence-corrected chi connectivity index (χ0v) is 15.7. The lowest BCUT2D eigenvalue weighted by atomic mass is 10.0. The third-order valence-corrected chi connectivity index (χ3v) is 5.28. The summed E-state index contributed by atoms with van der Waals surface area (Å²) in [5, 5.41) is 3.10. The summed E-state index contributed by atoms with van der Waals surface area (Å²) in [6.07, 6.45) is 3.69. The molecule has 1 saturated heterocycles. The number of anilines is 2. The second kappa shape index (κ2) is 7.46. The monoisotopic (exact) mass is 379 g/mol. The molecule has 2 aromatic carbocycles. The Balaban J connectivity index is 1.62. The smallest absolute Gasteiger partial charge is 0.277 e. The summed E-state index contributed by atoms with van der Waals surface area (Å²) in [5.41, 5.74) is 2.87. The number of hydrogen-bond donors (Lipinski definition) is 1. The number of halogens is 1. The number of carbonyl (C=O) groups is 2. The molecule has 0 atom stereocenters. The Morgan fingerprint density at radius 1 is 0.857 bits per heavy atom. The van der Waals surface area contributed by atoms with E-state index >= 15 is 0 Å². The van der Waals surface area contributed by atoms with Crippen LogP contribution in [0.2, 0.25) is 0 Å². The van der Waals surface area contributed by atoms with Gasteiger partial charge in [0.1, 0.15) is 11.5 Å². The summed E-state index contributed by atoms with van der Waals surface area (Å²) in [7, 11) is 1.45. The lowest BCUT2D eigenvalue weighted by Gasteiger charge is -2.28.